The lowest BCUT2D eigenvalue weighted by molar-refractivity contribution is -0.322. The molecule has 104 valence electrons. The summed E-state index contributed by atoms with van der Waals surface area (Å²) in [5, 5.41) is 2.37. The summed E-state index contributed by atoms with van der Waals surface area (Å²) >= 11 is 0. The van der Waals surface area contributed by atoms with Crippen LogP contribution in [0.4, 0.5) is 0 Å². The fraction of sp³-hybridized carbons (Fsp3) is 0.111. The van der Waals surface area contributed by atoms with E-state index in [2.05, 4.69) is 24.3 Å². The molecule has 0 atom stereocenters. The van der Waals surface area contributed by atoms with Crippen LogP contribution in [0.25, 0.3) is 10.8 Å². The highest BCUT2D eigenvalue weighted by molar-refractivity contribution is 5.83. The molecule has 1 aliphatic heterocycles. The van der Waals surface area contributed by atoms with Crippen molar-refractivity contribution in [2.45, 2.75) is 13.2 Å². The van der Waals surface area contributed by atoms with Gasteiger partial charge in [-0.2, -0.15) is 0 Å². The summed E-state index contributed by atoms with van der Waals surface area (Å²) in [4.78, 5) is 10.1. The van der Waals surface area contributed by atoms with Gasteiger partial charge in [0.15, 0.2) is 0 Å². The minimum absolute atomic E-state index is 0.416. The van der Waals surface area contributed by atoms with E-state index in [1.54, 1.807) is 0 Å². The molecule has 0 aromatic heterocycles. The molecule has 0 unspecified atom stereocenters. The highest BCUT2D eigenvalue weighted by Crippen LogP contribution is 2.32. The number of rotatable bonds is 2. The zero-order valence-electron chi connectivity index (χ0n) is 11.4. The van der Waals surface area contributed by atoms with Crippen LogP contribution < -0.4 is 4.74 Å². The molecular formula is C18H14O3. The number of ether oxygens (including phenoxy) is 1. The SMILES string of the molecule is c1cc2c(c(Oc3ccc4ccccc4c3)c1)COOC2. The molecule has 0 saturated carbocycles. The number of fused-ring (bicyclic) bond motifs is 2. The van der Waals surface area contributed by atoms with E-state index in [1.807, 2.05) is 36.4 Å². The van der Waals surface area contributed by atoms with Crippen molar-refractivity contribution in [3.05, 3.63) is 71.8 Å². The van der Waals surface area contributed by atoms with Gasteiger partial charge in [-0.3, -0.25) is 0 Å². The van der Waals surface area contributed by atoms with Crippen LogP contribution in [-0.2, 0) is 23.0 Å². The molecule has 0 spiro atoms. The third-order valence-electron chi connectivity index (χ3n) is 3.68. The summed E-state index contributed by atoms with van der Waals surface area (Å²) in [6.45, 7) is 0.878. The molecule has 0 radical (unpaired) electrons. The van der Waals surface area contributed by atoms with Gasteiger partial charge in [0.2, 0.25) is 0 Å². The molecule has 3 nitrogen and oxygen atoms in total. The molecule has 0 aliphatic carbocycles. The van der Waals surface area contributed by atoms with Crippen molar-refractivity contribution in [3.8, 4) is 11.5 Å². The van der Waals surface area contributed by atoms with Crippen molar-refractivity contribution in [2.75, 3.05) is 0 Å². The predicted octanol–water partition coefficient (Wildman–Crippen LogP) is 4.59. The van der Waals surface area contributed by atoms with Gasteiger partial charge >= 0.3 is 0 Å². The molecule has 3 aromatic carbocycles. The van der Waals surface area contributed by atoms with E-state index < -0.39 is 0 Å². The number of hydrogen-bond acceptors (Lipinski definition) is 3. The van der Waals surface area contributed by atoms with E-state index >= 15 is 0 Å². The van der Waals surface area contributed by atoms with Crippen molar-refractivity contribution in [1.82, 2.24) is 0 Å². The molecule has 0 N–H and O–H groups in total. The maximum atomic E-state index is 6.05. The monoisotopic (exact) mass is 278 g/mol. The van der Waals surface area contributed by atoms with Crippen LogP contribution in [0.3, 0.4) is 0 Å². The second-order valence-electron chi connectivity index (χ2n) is 5.03. The summed E-state index contributed by atoms with van der Waals surface area (Å²) in [5.74, 6) is 1.65. The van der Waals surface area contributed by atoms with Gasteiger partial charge in [0.05, 0.1) is 0 Å². The second kappa shape index (κ2) is 5.20. The molecule has 0 fully saturated rings. The molecule has 3 heteroatoms. The Hall–Kier alpha value is -2.36. The minimum Gasteiger partial charge on any atom is -0.457 e. The molecule has 1 heterocycles. The van der Waals surface area contributed by atoms with Gasteiger partial charge in [-0.15, -0.1) is 0 Å². The Morgan fingerprint density at radius 2 is 1.62 bits per heavy atom. The first-order chi connectivity index (χ1) is 10.4. The maximum absolute atomic E-state index is 6.05. The summed E-state index contributed by atoms with van der Waals surface area (Å²) in [6.07, 6.45) is 0. The van der Waals surface area contributed by atoms with Crippen LogP contribution >= 0.6 is 0 Å². The average Bonchev–Trinajstić information content (AvgIpc) is 2.55. The summed E-state index contributed by atoms with van der Waals surface area (Å²) in [6, 6.07) is 20.3. The first-order valence-corrected chi connectivity index (χ1v) is 6.92. The van der Waals surface area contributed by atoms with Gasteiger partial charge in [0, 0.05) is 5.56 Å². The van der Waals surface area contributed by atoms with Crippen molar-refractivity contribution in [1.29, 1.82) is 0 Å². The molecular weight excluding hydrogens is 264 g/mol. The van der Waals surface area contributed by atoms with E-state index in [4.69, 9.17) is 14.5 Å². The Labute approximate surface area is 122 Å². The largest absolute Gasteiger partial charge is 0.457 e. The molecule has 3 aromatic rings. The van der Waals surface area contributed by atoms with Crippen LogP contribution in [-0.4, -0.2) is 0 Å². The first kappa shape index (κ1) is 12.4. The van der Waals surface area contributed by atoms with Crippen molar-refractivity contribution < 1.29 is 14.5 Å². The Bertz CT molecular complexity index is 795. The van der Waals surface area contributed by atoms with Crippen LogP contribution in [0.15, 0.2) is 60.7 Å². The van der Waals surface area contributed by atoms with Crippen LogP contribution in [0.2, 0.25) is 0 Å². The summed E-state index contributed by atoms with van der Waals surface area (Å²) in [7, 11) is 0. The zero-order chi connectivity index (χ0) is 14.1. The Morgan fingerprint density at radius 3 is 2.57 bits per heavy atom. The van der Waals surface area contributed by atoms with Gasteiger partial charge in [0.25, 0.3) is 0 Å². The summed E-state index contributed by atoms with van der Waals surface area (Å²) < 4.78 is 6.05. The first-order valence-electron chi connectivity index (χ1n) is 6.92. The molecule has 4 rings (SSSR count). The Balaban J connectivity index is 1.71. The van der Waals surface area contributed by atoms with E-state index in [0.717, 1.165) is 22.6 Å². The predicted molar refractivity (Wildman–Crippen MR) is 80.0 cm³/mol. The average molecular weight is 278 g/mol. The fourth-order valence-electron chi connectivity index (χ4n) is 2.57. The standard InChI is InChI=1S/C18H14O3/c1-2-5-14-10-16(9-8-13(14)4-1)21-18-7-3-6-15-11-19-20-12-17(15)18/h1-10H,11-12H2. The van der Waals surface area contributed by atoms with E-state index in [1.165, 1.54) is 10.8 Å². The topological polar surface area (TPSA) is 27.7 Å². The van der Waals surface area contributed by atoms with E-state index in [9.17, 15) is 0 Å². The minimum atomic E-state index is 0.416. The van der Waals surface area contributed by atoms with Crippen LogP contribution in [0.5, 0.6) is 11.5 Å². The lowest BCUT2D eigenvalue weighted by Crippen LogP contribution is -2.08. The summed E-state index contributed by atoms with van der Waals surface area (Å²) in [5.41, 5.74) is 2.16. The number of hydrogen-bond donors (Lipinski definition) is 0. The van der Waals surface area contributed by atoms with E-state index in [0.29, 0.717) is 13.2 Å². The van der Waals surface area contributed by atoms with Gasteiger partial charge in [-0.05, 0) is 34.5 Å². The smallest absolute Gasteiger partial charge is 0.133 e. The van der Waals surface area contributed by atoms with Crippen molar-refractivity contribution >= 4 is 10.8 Å². The molecule has 0 saturated heterocycles. The number of benzene rings is 3. The quantitative estimate of drug-likeness (QED) is 0.641. The van der Waals surface area contributed by atoms with Crippen LogP contribution in [0, 0.1) is 0 Å². The highest BCUT2D eigenvalue weighted by atomic mass is 17.2. The zero-order valence-corrected chi connectivity index (χ0v) is 11.4. The molecule has 21 heavy (non-hydrogen) atoms. The molecule has 1 aliphatic rings. The second-order valence-corrected chi connectivity index (χ2v) is 5.03. The Kier molecular flexibility index (Phi) is 3.07. The molecule has 0 bridgehead atoms. The van der Waals surface area contributed by atoms with Crippen molar-refractivity contribution in [2.24, 2.45) is 0 Å². The normalized spacial score (nSPS) is 13.9. The third-order valence-corrected chi connectivity index (χ3v) is 3.68. The van der Waals surface area contributed by atoms with Gasteiger partial charge in [-0.1, -0.05) is 42.5 Å². The highest BCUT2D eigenvalue weighted by Gasteiger charge is 2.15. The lowest BCUT2D eigenvalue weighted by atomic mass is 10.1. The van der Waals surface area contributed by atoms with E-state index in [-0.39, 0.29) is 0 Å². The lowest BCUT2D eigenvalue weighted by Gasteiger charge is -2.19. The van der Waals surface area contributed by atoms with Gasteiger partial charge in [0.1, 0.15) is 24.7 Å². The van der Waals surface area contributed by atoms with Gasteiger partial charge in [-0.25, -0.2) is 9.78 Å². The van der Waals surface area contributed by atoms with Crippen LogP contribution in [0.1, 0.15) is 11.1 Å². The van der Waals surface area contributed by atoms with Crippen molar-refractivity contribution in [3.63, 3.8) is 0 Å². The van der Waals surface area contributed by atoms with Gasteiger partial charge < -0.3 is 4.74 Å². The maximum Gasteiger partial charge on any atom is 0.133 e. The fourth-order valence-corrected chi connectivity index (χ4v) is 2.57. The molecule has 0 amide bonds. The Morgan fingerprint density at radius 1 is 0.762 bits per heavy atom. The third kappa shape index (κ3) is 2.37.